The van der Waals surface area contributed by atoms with Gasteiger partial charge < -0.3 is 4.98 Å². The van der Waals surface area contributed by atoms with Crippen molar-refractivity contribution in [3.05, 3.63) is 64.2 Å². The Morgan fingerprint density at radius 3 is 2.65 bits per heavy atom. The molecule has 0 radical (unpaired) electrons. The van der Waals surface area contributed by atoms with Crippen LogP contribution >= 0.6 is 11.8 Å². The molecular formula is C17H11N5O3S. The van der Waals surface area contributed by atoms with Gasteiger partial charge in [0.25, 0.3) is 5.69 Å². The summed E-state index contributed by atoms with van der Waals surface area (Å²) in [5, 5.41) is 20.3. The molecule has 0 atom stereocenters. The van der Waals surface area contributed by atoms with Gasteiger partial charge in [-0.1, -0.05) is 30.0 Å². The summed E-state index contributed by atoms with van der Waals surface area (Å²) in [4.78, 5) is 30.0. The Balaban J connectivity index is 1.51. The topological polar surface area (TPSA) is 115 Å². The van der Waals surface area contributed by atoms with Crippen LogP contribution in [0.4, 0.5) is 5.69 Å². The number of nitrogens with zero attached hydrogens (tertiary/aromatic N) is 4. The Morgan fingerprint density at radius 2 is 1.88 bits per heavy atom. The molecule has 2 aromatic heterocycles. The molecule has 0 saturated heterocycles. The molecule has 0 unspecified atom stereocenters. The highest BCUT2D eigenvalue weighted by Gasteiger charge is 2.13. The number of aromatic amines is 1. The molecule has 0 aliphatic rings. The van der Waals surface area contributed by atoms with Gasteiger partial charge in [-0.3, -0.25) is 14.9 Å². The monoisotopic (exact) mass is 365 g/mol. The van der Waals surface area contributed by atoms with Gasteiger partial charge in [0.15, 0.2) is 11.4 Å². The predicted molar refractivity (Wildman–Crippen MR) is 97.3 cm³/mol. The number of hydrogen-bond acceptors (Lipinski definition) is 7. The molecule has 0 bridgehead atoms. The van der Waals surface area contributed by atoms with Crippen molar-refractivity contribution in [1.82, 2.24) is 20.2 Å². The summed E-state index contributed by atoms with van der Waals surface area (Å²) in [6, 6.07) is 13.2. The van der Waals surface area contributed by atoms with E-state index in [9.17, 15) is 14.9 Å². The summed E-state index contributed by atoms with van der Waals surface area (Å²) >= 11 is 1.17. The van der Waals surface area contributed by atoms with Crippen molar-refractivity contribution in [2.75, 3.05) is 5.75 Å². The van der Waals surface area contributed by atoms with Gasteiger partial charge in [0, 0.05) is 28.6 Å². The number of benzene rings is 2. The number of non-ortho nitro benzene ring substituents is 1. The number of carbonyl (C=O) groups excluding carboxylic acids is 1. The molecule has 2 heterocycles. The lowest BCUT2D eigenvalue weighted by molar-refractivity contribution is -0.384. The molecule has 0 amide bonds. The number of rotatable bonds is 5. The SMILES string of the molecule is O=C(CSc1nnc2c(n1)[nH]c1ccccc12)c1ccc([N+](=O)[O-])cc1. The first kappa shape index (κ1) is 16.2. The number of fused-ring (bicyclic) bond motifs is 3. The van der Waals surface area contributed by atoms with Gasteiger partial charge in [-0.15, -0.1) is 10.2 Å². The summed E-state index contributed by atoms with van der Waals surface area (Å²) < 4.78 is 0. The molecule has 1 N–H and O–H groups in total. The summed E-state index contributed by atoms with van der Waals surface area (Å²) in [7, 11) is 0. The third-order valence-electron chi connectivity index (χ3n) is 3.84. The molecule has 8 nitrogen and oxygen atoms in total. The molecule has 4 rings (SSSR count). The first-order valence-electron chi connectivity index (χ1n) is 7.63. The Morgan fingerprint density at radius 1 is 1.12 bits per heavy atom. The lowest BCUT2D eigenvalue weighted by Crippen LogP contribution is -2.03. The number of hydrogen-bond donors (Lipinski definition) is 1. The quantitative estimate of drug-likeness (QED) is 0.249. The molecule has 0 saturated carbocycles. The van der Waals surface area contributed by atoms with Crippen LogP contribution in [0.3, 0.4) is 0 Å². The predicted octanol–water partition coefficient (Wildman–Crippen LogP) is 3.39. The maximum Gasteiger partial charge on any atom is 0.269 e. The molecule has 9 heteroatoms. The van der Waals surface area contributed by atoms with E-state index in [0.717, 1.165) is 10.9 Å². The van der Waals surface area contributed by atoms with Crippen molar-refractivity contribution >= 4 is 45.3 Å². The molecule has 0 aliphatic carbocycles. The number of nitrogens with one attached hydrogen (secondary N) is 1. The van der Waals surface area contributed by atoms with Gasteiger partial charge in [-0.25, -0.2) is 4.98 Å². The van der Waals surface area contributed by atoms with Gasteiger partial charge in [0.1, 0.15) is 5.52 Å². The van der Waals surface area contributed by atoms with Crippen molar-refractivity contribution in [3.8, 4) is 0 Å². The second-order valence-corrected chi connectivity index (χ2v) is 6.42. The van der Waals surface area contributed by atoms with Crippen molar-refractivity contribution in [2.24, 2.45) is 0 Å². The zero-order valence-corrected chi connectivity index (χ0v) is 14.1. The van der Waals surface area contributed by atoms with E-state index in [1.807, 2.05) is 24.3 Å². The van der Waals surface area contributed by atoms with E-state index >= 15 is 0 Å². The van der Waals surface area contributed by atoms with E-state index in [-0.39, 0.29) is 17.2 Å². The Kier molecular flexibility index (Phi) is 4.05. The van der Waals surface area contributed by atoms with Gasteiger partial charge in [0.2, 0.25) is 5.16 Å². The maximum atomic E-state index is 12.2. The lowest BCUT2D eigenvalue weighted by Gasteiger charge is -2.00. The smallest absolute Gasteiger partial charge is 0.269 e. The van der Waals surface area contributed by atoms with Crippen LogP contribution in [0.25, 0.3) is 22.1 Å². The number of nitro groups is 1. The summed E-state index contributed by atoms with van der Waals surface area (Å²) in [5.74, 6) is -0.0455. The van der Waals surface area contributed by atoms with Gasteiger partial charge in [-0.05, 0) is 18.2 Å². The van der Waals surface area contributed by atoms with Crippen LogP contribution in [-0.2, 0) is 0 Å². The molecule has 4 aromatic rings. The minimum atomic E-state index is -0.502. The number of ketones is 1. The van der Waals surface area contributed by atoms with Crippen molar-refractivity contribution in [2.45, 2.75) is 5.16 Å². The largest absolute Gasteiger partial charge is 0.338 e. The number of nitro benzene ring substituents is 1. The van der Waals surface area contributed by atoms with E-state index in [1.54, 1.807) is 0 Å². The molecule has 2 aromatic carbocycles. The minimum absolute atomic E-state index is 0.0500. The first-order valence-corrected chi connectivity index (χ1v) is 8.62. The average molecular weight is 365 g/mol. The Bertz CT molecular complexity index is 1140. The maximum absolute atomic E-state index is 12.2. The van der Waals surface area contributed by atoms with Crippen LogP contribution in [-0.4, -0.2) is 36.6 Å². The Labute approximate surface area is 150 Å². The second kappa shape index (κ2) is 6.52. The fraction of sp³-hybridized carbons (Fsp3) is 0.0588. The third-order valence-corrected chi connectivity index (χ3v) is 4.67. The van der Waals surface area contributed by atoms with Crippen LogP contribution < -0.4 is 0 Å². The number of Topliss-reactive ketones (excluding diaryl/α,β-unsaturated/α-hetero) is 1. The molecule has 0 fully saturated rings. The fourth-order valence-electron chi connectivity index (χ4n) is 2.55. The summed E-state index contributed by atoms with van der Waals surface area (Å²) in [5.41, 5.74) is 2.58. The normalized spacial score (nSPS) is 11.1. The van der Waals surface area contributed by atoms with E-state index in [2.05, 4.69) is 20.2 Å². The van der Waals surface area contributed by atoms with Crippen molar-refractivity contribution in [1.29, 1.82) is 0 Å². The molecule has 128 valence electrons. The molecule has 26 heavy (non-hydrogen) atoms. The van der Waals surface area contributed by atoms with E-state index in [1.165, 1.54) is 36.0 Å². The summed E-state index contributed by atoms with van der Waals surface area (Å²) in [6.45, 7) is 0. The van der Waals surface area contributed by atoms with Gasteiger partial charge in [-0.2, -0.15) is 0 Å². The standard InChI is InChI=1S/C17H11N5O3S/c23-14(10-5-7-11(8-6-10)22(24)25)9-26-17-19-16-15(20-21-17)12-3-1-2-4-13(12)18-16/h1-8H,9H2,(H,18,19,21). The van der Waals surface area contributed by atoms with Gasteiger partial charge >= 0.3 is 0 Å². The van der Waals surface area contributed by atoms with Crippen molar-refractivity contribution in [3.63, 3.8) is 0 Å². The fourth-order valence-corrected chi connectivity index (χ4v) is 3.23. The van der Waals surface area contributed by atoms with E-state index in [0.29, 0.717) is 21.9 Å². The van der Waals surface area contributed by atoms with Crippen LogP contribution in [0.5, 0.6) is 0 Å². The van der Waals surface area contributed by atoms with E-state index < -0.39 is 4.92 Å². The zero-order chi connectivity index (χ0) is 18.1. The highest BCUT2D eigenvalue weighted by molar-refractivity contribution is 7.99. The molecule has 0 aliphatic heterocycles. The average Bonchev–Trinajstić information content (AvgIpc) is 3.04. The van der Waals surface area contributed by atoms with Gasteiger partial charge in [0.05, 0.1) is 10.7 Å². The summed E-state index contributed by atoms with van der Waals surface area (Å²) in [6.07, 6.45) is 0. The van der Waals surface area contributed by atoms with Crippen molar-refractivity contribution < 1.29 is 9.72 Å². The van der Waals surface area contributed by atoms with Crippen LogP contribution in [0.2, 0.25) is 0 Å². The van der Waals surface area contributed by atoms with Crippen LogP contribution in [0.15, 0.2) is 53.7 Å². The highest BCUT2D eigenvalue weighted by atomic mass is 32.2. The zero-order valence-electron chi connectivity index (χ0n) is 13.2. The third kappa shape index (κ3) is 3.00. The molecular weight excluding hydrogens is 354 g/mol. The lowest BCUT2D eigenvalue weighted by atomic mass is 10.1. The highest BCUT2D eigenvalue weighted by Crippen LogP contribution is 2.23. The number of H-pyrrole nitrogens is 1. The van der Waals surface area contributed by atoms with Crippen LogP contribution in [0.1, 0.15) is 10.4 Å². The van der Waals surface area contributed by atoms with E-state index in [4.69, 9.17) is 0 Å². The molecule has 0 spiro atoms. The minimum Gasteiger partial charge on any atom is -0.338 e. The van der Waals surface area contributed by atoms with Crippen LogP contribution in [0, 0.1) is 10.1 Å². The first-order chi connectivity index (χ1) is 12.6. The number of aromatic nitrogens is 4. The number of para-hydroxylation sites is 1. The second-order valence-electron chi connectivity index (χ2n) is 5.48. The number of thioether (sulfide) groups is 1. The number of carbonyl (C=O) groups is 1. The Hall–Kier alpha value is -3.33.